The third-order valence-corrected chi connectivity index (χ3v) is 5.12. The second-order valence-corrected chi connectivity index (χ2v) is 7.22. The number of carboxylic acid groups (broad SMARTS) is 2. The van der Waals surface area contributed by atoms with Gasteiger partial charge in [0.25, 0.3) is 0 Å². The molecular weight excluding hydrogens is 475 g/mol. The first-order valence-corrected chi connectivity index (χ1v) is 9.57. The number of allylic oxidation sites excluding steroid dienone is 2. The average molecular weight is 496 g/mol. The van der Waals surface area contributed by atoms with Crippen LogP contribution in [-0.4, -0.2) is 87.2 Å². The number of anilines is 3. The van der Waals surface area contributed by atoms with Crippen molar-refractivity contribution >= 4 is 94.0 Å². The normalized spacial score (nSPS) is 17.0. The van der Waals surface area contributed by atoms with E-state index in [9.17, 15) is 37.8 Å². The fourth-order valence-electron chi connectivity index (χ4n) is 3.46. The summed E-state index contributed by atoms with van der Waals surface area (Å²) in [6.07, 6.45) is -1.13. The van der Waals surface area contributed by atoms with Gasteiger partial charge in [0.2, 0.25) is 5.91 Å². The molecule has 0 aliphatic heterocycles. The van der Waals surface area contributed by atoms with Gasteiger partial charge in [-0.15, -0.1) is 0 Å². The molecule has 0 aromatic heterocycles. The van der Waals surface area contributed by atoms with Crippen LogP contribution in [0.1, 0.15) is 28.8 Å². The van der Waals surface area contributed by atoms with Gasteiger partial charge in [0.1, 0.15) is 0 Å². The standard InChI is InChI=1S/C22H19F3N2O5.2Na.2H/c23-22(24,25)12-9-10-17(26-16-8-4-3-7-15(16)21(31)32)18(11-12)27-19(28)13-5-1-2-6-14(13)20(29)30;;;;/h1-4,7-11,13-14,26H,5-6H2,(H,27,28)(H,29,30)(H,31,32);;;;. The predicted octanol–water partition coefficient (Wildman–Crippen LogP) is 3.46. The van der Waals surface area contributed by atoms with Crippen molar-refractivity contribution in [2.75, 3.05) is 10.6 Å². The molecule has 0 spiro atoms. The van der Waals surface area contributed by atoms with Crippen molar-refractivity contribution in [3.8, 4) is 0 Å². The quantitative estimate of drug-likeness (QED) is 0.360. The predicted molar refractivity (Wildman–Crippen MR) is 124 cm³/mol. The Labute approximate surface area is 237 Å². The van der Waals surface area contributed by atoms with Gasteiger partial charge in [-0.3, -0.25) is 9.59 Å². The maximum absolute atomic E-state index is 13.3. The van der Waals surface area contributed by atoms with Gasteiger partial charge in [-0.25, -0.2) is 4.79 Å². The Morgan fingerprint density at radius 1 is 0.853 bits per heavy atom. The molecule has 1 aliphatic rings. The van der Waals surface area contributed by atoms with Crippen molar-refractivity contribution in [1.29, 1.82) is 0 Å². The van der Waals surface area contributed by atoms with Gasteiger partial charge >= 0.3 is 77.2 Å². The summed E-state index contributed by atoms with van der Waals surface area (Å²) in [5, 5.41) is 23.9. The van der Waals surface area contributed by atoms with Gasteiger partial charge in [0, 0.05) is 0 Å². The van der Waals surface area contributed by atoms with Crippen LogP contribution in [0.3, 0.4) is 0 Å². The number of aromatic carboxylic acids is 1. The number of alkyl halides is 3. The zero-order valence-corrected chi connectivity index (χ0v) is 16.5. The Balaban J connectivity index is 0.00000289. The van der Waals surface area contributed by atoms with Gasteiger partial charge < -0.3 is 20.8 Å². The van der Waals surface area contributed by atoms with Crippen LogP contribution < -0.4 is 10.6 Å². The van der Waals surface area contributed by atoms with E-state index in [-0.39, 0.29) is 94.6 Å². The Kier molecular flexibility index (Phi) is 11.3. The average Bonchev–Trinajstić information content (AvgIpc) is 2.74. The molecule has 0 radical (unpaired) electrons. The molecule has 1 amide bonds. The molecule has 172 valence electrons. The number of para-hydroxylation sites is 1. The molecule has 0 fully saturated rings. The van der Waals surface area contributed by atoms with E-state index in [2.05, 4.69) is 10.6 Å². The summed E-state index contributed by atoms with van der Waals surface area (Å²) in [5.74, 6) is -5.13. The summed E-state index contributed by atoms with van der Waals surface area (Å²) >= 11 is 0. The van der Waals surface area contributed by atoms with Gasteiger partial charge in [0.05, 0.1) is 40.0 Å². The zero-order chi connectivity index (χ0) is 23.5. The molecule has 2 aromatic rings. The van der Waals surface area contributed by atoms with Crippen LogP contribution in [0.15, 0.2) is 54.6 Å². The van der Waals surface area contributed by atoms with Gasteiger partial charge in [-0.05, 0) is 43.2 Å². The van der Waals surface area contributed by atoms with E-state index in [0.717, 1.165) is 18.2 Å². The van der Waals surface area contributed by atoms with E-state index >= 15 is 0 Å². The number of hydrogen-bond donors (Lipinski definition) is 4. The maximum atomic E-state index is 13.3. The second kappa shape index (κ2) is 12.8. The number of carbonyl (C=O) groups is 3. The van der Waals surface area contributed by atoms with Crippen LogP contribution in [0.5, 0.6) is 0 Å². The number of carboxylic acids is 2. The van der Waals surface area contributed by atoms with Crippen molar-refractivity contribution in [1.82, 2.24) is 0 Å². The Morgan fingerprint density at radius 2 is 1.47 bits per heavy atom. The van der Waals surface area contributed by atoms with E-state index in [4.69, 9.17) is 0 Å². The topological polar surface area (TPSA) is 116 Å². The molecule has 2 aromatic carbocycles. The van der Waals surface area contributed by atoms with Crippen LogP contribution in [0.4, 0.5) is 30.2 Å². The number of rotatable bonds is 6. The van der Waals surface area contributed by atoms with Crippen molar-refractivity contribution in [2.24, 2.45) is 11.8 Å². The zero-order valence-electron chi connectivity index (χ0n) is 16.5. The van der Waals surface area contributed by atoms with E-state index in [1.165, 1.54) is 18.2 Å². The van der Waals surface area contributed by atoms with Crippen LogP contribution in [-0.2, 0) is 15.8 Å². The summed E-state index contributed by atoms with van der Waals surface area (Å²) in [5.41, 5.74) is -1.25. The molecular formula is C22H21F3N2Na2O5. The van der Waals surface area contributed by atoms with Crippen molar-refractivity contribution in [3.63, 3.8) is 0 Å². The van der Waals surface area contributed by atoms with Crippen molar-refractivity contribution in [3.05, 3.63) is 65.7 Å². The molecule has 34 heavy (non-hydrogen) atoms. The first-order valence-electron chi connectivity index (χ1n) is 9.57. The summed E-state index contributed by atoms with van der Waals surface area (Å²) in [6, 6.07) is 8.38. The minimum atomic E-state index is -4.69. The molecule has 3 rings (SSSR count). The third-order valence-electron chi connectivity index (χ3n) is 5.12. The molecule has 4 N–H and O–H groups in total. The molecule has 0 bridgehead atoms. The second-order valence-electron chi connectivity index (χ2n) is 7.22. The third kappa shape index (κ3) is 7.34. The van der Waals surface area contributed by atoms with E-state index in [0.29, 0.717) is 0 Å². The summed E-state index contributed by atoms with van der Waals surface area (Å²) in [6.45, 7) is 0. The van der Waals surface area contributed by atoms with Crippen molar-refractivity contribution in [2.45, 2.75) is 19.0 Å². The first kappa shape index (κ1) is 30.2. The van der Waals surface area contributed by atoms with Gasteiger partial charge in [-0.2, -0.15) is 13.2 Å². The van der Waals surface area contributed by atoms with Gasteiger partial charge in [0.15, 0.2) is 0 Å². The number of halogens is 3. The van der Waals surface area contributed by atoms with Crippen LogP contribution in [0, 0.1) is 11.8 Å². The number of nitrogens with one attached hydrogen (secondary N) is 2. The summed E-state index contributed by atoms with van der Waals surface area (Å²) < 4.78 is 39.8. The van der Waals surface area contributed by atoms with Crippen LogP contribution >= 0.6 is 0 Å². The van der Waals surface area contributed by atoms with Crippen LogP contribution in [0.25, 0.3) is 0 Å². The summed E-state index contributed by atoms with van der Waals surface area (Å²) in [7, 11) is 0. The van der Waals surface area contributed by atoms with E-state index in [1.807, 2.05) is 0 Å². The molecule has 0 saturated carbocycles. The Morgan fingerprint density at radius 3 is 2.06 bits per heavy atom. The molecule has 2 unspecified atom stereocenters. The monoisotopic (exact) mass is 496 g/mol. The Bertz CT molecular complexity index is 1090. The number of amides is 1. The summed E-state index contributed by atoms with van der Waals surface area (Å²) in [4.78, 5) is 35.7. The van der Waals surface area contributed by atoms with Gasteiger partial charge in [-0.1, -0.05) is 24.3 Å². The molecule has 12 heteroatoms. The number of benzene rings is 2. The van der Waals surface area contributed by atoms with Crippen LogP contribution in [0.2, 0.25) is 0 Å². The Hall–Kier alpha value is -1.82. The first-order chi connectivity index (χ1) is 15.1. The minimum absolute atomic E-state index is 0. The van der Waals surface area contributed by atoms with Crippen molar-refractivity contribution < 1.29 is 37.8 Å². The SMILES string of the molecule is O=C(O)c1ccccc1Nc1ccc(C(F)(F)F)cc1NC(=O)C1CC=CCC1C(=O)O.[NaH].[NaH]. The molecule has 0 heterocycles. The fraction of sp³-hybridized carbons (Fsp3) is 0.227. The number of aliphatic carboxylic acids is 1. The van der Waals surface area contributed by atoms with E-state index < -0.39 is 41.4 Å². The molecule has 0 saturated heterocycles. The molecule has 1 aliphatic carbocycles. The number of hydrogen-bond acceptors (Lipinski definition) is 4. The number of carbonyl (C=O) groups excluding carboxylic acids is 1. The molecule has 7 nitrogen and oxygen atoms in total. The fourth-order valence-corrected chi connectivity index (χ4v) is 3.46. The van der Waals surface area contributed by atoms with E-state index in [1.54, 1.807) is 18.2 Å². The molecule has 2 atom stereocenters.